The highest BCUT2D eigenvalue weighted by Crippen LogP contribution is 2.32. The van der Waals surface area contributed by atoms with Crippen molar-refractivity contribution in [2.75, 3.05) is 19.6 Å². The van der Waals surface area contributed by atoms with Gasteiger partial charge in [-0.05, 0) is 37.6 Å². The van der Waals surface area contributed by atoms with E-state index in [4.69, 9.17) is 0 Å². The molecule has 35 heavy (non-hydrogen) atoms. The van der Waals surface area contributed by atoms with Crippen molar-refractivity contribution in [1.29, 1.82) is 0 Å². The standard InChI is InChI=1S/C29H28N4O2/c1-19-9-11-22(12-10-19)24-13-14-30-27-25(17-31-26(24)27)21(3)28(34)33-16-15-32(18-20(33)2)29(35)23-7-5-4-6-8-23/h4-14,17,20,31H,3,15-16,18H2,1-2H3/t20-/m1/s1. The Morgan fingerprint density at radius 1 is 1.03 bits per heavy atom. The normalized spacial score (nSPS) is 15.9. The highest BCUT2D eigenvalue weighted by Gasteiger charge is 2.32. The van der Waals surface area contributed by atoms with Crippen LogP contribution in [-0.2, 0) is 4.79 Å². The number of carbonyl (C=O) groups is 2. The van der Waals surface area contributed by atoms with Gasteiger partial charge >= 0.3 is 0 Å². The van der Waals surface area contributed by atoms with Crippen molar-refractivity contribution in [1.82, 2.24) is 19.8 Å². The topological polar surface area (TPSA) is 69.3 Å². The van der Waals surface area contributed by atoms with Crippen LogP contribution in [0.4, 0.5) is 0 Å². The number of aryl methyl sites for hydroxylation is 1. The molecular weight excluding hydrogens is 436 g/mol. The van der Waals surface area contributed by atoms with Crippen LogP contribution >= 0.6 is 0 Å². The first-order valence-corrected chi connectivity index (χ1v) is 11.8. The highest BCUT2D eigenvalue weighted by atomic mass is 16.2. The average Bonchev–Trinajstić information content (AvgIpc) is 3.33. The maximum Gasteiger partial charge on any atom is 0.254 e. The first kappa shape index (κ1) is 22.6. The number of benzene rings is 2. The second-order valence-electron chi connectivity index (χ2n) is 9.09. The van der Waals surface area contributed by atoms with E-state index in [-0.39, 0.29) is 17.9 Å². The molecule has 4 aromatic rings. The Kier molecular flexibility index (Phi) is 5.95. The summed E-state index contributed by atoms with van der Waals surface area (Å²) in [5.74, 6) is -0.138. The predicted molar refractivity (Wildman–Crippen MR) is 139 cm³/mol. The molecule has 0 radical (unpaired) electrons. The molecule has 0 spiro atoms. The first-order chi connectivity index (χ1) is 16.9. The average molecular weight is 465 g/mol. The van der Waals surface area contributed by atoms with E-state index in [9.17, 15) is 9.59 Å². The number of aromatic nitrogens is 2. The lowest BCUT2D eigenvalue weighted by molar-refractivity contribution is -0.128. The Morgan fingerprint density at radius 2 is 1.77 bits per heavy atom. The zero-order valence-corrected chi connectivity index (χ0v) is 20.0. The fourth-order valence-corrected chi connectivity index (χ4v) is 4.72. The molecule has 1 atom stereocenters. The van der Waals surface area contributed by atoms with Crippen molar-refractivity contribution < 1.29 is 9.59 Å². The van der Waals surface area contributed by atoms with Crippen LogP contribution in [0.2, 0.25) is 0 Å². The molecular formula is C29H28N4O2. The van der Waals surface area contributed by atoms with Crippen molar-refractivity contribution >= 4 is 28.4 Å². The minimum atomic E-state index is -0.132. The van der Waals surface area contributed by atoms with Gasteiger partial charge in [0.25, 0.3) is 11.8 Å². The molecule has 1 N–H and O–H groups in total. The van der Waals surface area contributed by atoms with Gasteiger partial charge in [0.2, 0.25) is 0 Å². The van der Waals surface area contributed by atoms with E-state index in [0.29, 0.717) is 36.3 Å². The third-order valence-corrected chi connectivity index (χ3v) is 6.71. The van der Waals surface area contributed by atoms with Crippen LogP contribution in [0.5, 0.6) is 0 Å². The minimum absolute atomic E-state index is 0.00663. The fourth-order valence-electron chi connectivity index (χ4n) is 4.72. The number of piperazine rings is 1. The zero-order valence-electron chi connectivity index (χ0n) is 20.0. The lowest BCUT2D eigenvalue weighted by atomic mass is 10.0. The second-order valence-corrected chi connectivity index (χ2v) is 9.09. The molecule has 1 fully saturated rings. The molecule has 6 heteroatoms. The Morgan fingerprint density at radius 3 is 2.49 bits per heavy atom. The maximum atomic E-state index is 13.5. The van der Waals surface area contributed by atoms with Crippen LogP contribution in [0.15, 0.2) is 79.6 Å². The van der Waals surface area contributed by atoms with Crippen molar-refractivity contribution in [2.45, 2.75) is 19.9 Å². The van der Waals surface area contributed by atoms with Crippen molar-refractivity contribution in [3.05, 3.63) is 96.3 Å². The first-order valence-electron chi connectivity index (χ1n) is 11.8. The number of carbonyl (C=O) groups excluding carboxylic acids is 2. The second kappa shape index (κ2) is 9.22. The quantitative estimate of drug-likeness (QED) is 0.436. The van der Waals surface area contributed by atoms with E-state index in [1.165, 1.54) is 5.56 Å². The van der Waals surface area contributed by atoms with Crippen LogP contribution in [0.1, 0.15) is 28.4 Å². The predicted octanol–water partition coefficient (Wildman–Crippen LogP) is 4.92. The number of pyridine rings is 1. The van der Waals surface area contributed by atoms with Gasteiger partial charge in [0, 0.05) is 60.3 Å². The minimum Gasteiger partial charge on any atom is -0.359 e. The summed E-state index contributed by atoms with van der Waals surface area (Å²) in [4.78, 5) is 37.8. The maximum absolute atomic E-state index is 13.5. The molecule has 0 bridgehead atoms. The molecule has 2 amide bonds. The van der Waals surface area contributed by atoms with E-state index >= 15 is 0 Å². The molecule has 2 aromatic carbocycles. The van der Waals surface area contributed by atoms with Gasteiger partial charge in [-0.25, -0.2) is 0 Å². The van der Waals surface area contributed by atoms with Gasteiger partial charge in [0.15, 0.2) is 0 Å². The summed E-state index contributed by atoms with van der Waals surface area (Å²) in [7, 11) is 0. The lowest BCUT2D eigenvalue weighted by Gasteiger charge is -2.40. The van der Waals surface area contributed by atoms with Crippen LogP contribution < -0.4 is 0 Å². The molecule has 0 saturated carbocycles. The number of nitrogens with one attached hydrogen (secondary N) is 1. The Bertz CT molecular complexity index is 1410. The van der Waals surface area contributed by atoms with Crippen molar-refractivity contribution in [3.63, 3.8) is 0 Å². The largest absolute Gasteiger partial charge is 0.359 e. The SMILES string of the molecule is C=C(C(=O)N1CCN(C(=O)c2ccccc2)C[C@H]1C)c1c[nH]c2c(-c3ccc(C)cc3)ccnc12. The molecule has 1 aliphatic rings. The zero-order chi connectivity index (χ0) is 24.5. The van der Waals surface area contributed by atoms with E-state index in [1.54, 1.807) is 11.1 Å². The van der Waals surface area contributed by atoms with Crippen LogP contribution in [0.25, 0.3) is 27.7 Å². The molecule has 2 aromatic heterocycles. The lowest BCUT2D eigenvalue weighted by Crippen LogP contribution is -2.55. The van der Waals surface area contributed by atoms with Gasteiger partial charge in [-0.1, -0.05) is 54.6 Å². The van der Waals surface area contributed by atoms with Crippen LogP contribution in [0, 0.1) is 6.92 Å². The van der Waals surface area contributed by atoms with Crippen LogP contribution in [-0.4, -0.2) is 57.3 Å². The number of hydrogen-bond acceptors (Lipinski definition) is 3. The molecule has 0 aliphatic carbocycles. The van der Waals surface area contributed by atoms with Gasteiger partial charge in [0.05, 0.1) is 11.0 Å². The third kappa shape index (κ3) is 4.23. The smallest absolute Gasteiger partial charge is 0.254 e. The molecule has 176 valence electrons. The summed E-state index contributed by atoms with van der Waals surface area (Å²) >= 11 is 0. The summed E-state index contributed by atoms with van der Waals surface area (Å²) in [5.41, 5.74) is 6.69. The van der Waals surface area contributed by atoms with E-state index in [1.807, 2.05) is 54.4 Å². The molecule has 0 unspecified atom stereocenters. The van der Waals surface area contributed by atoms with Gasteiger partial charge in [-0.2, -0.15) is 0 Å². The number of nitrogens with zero attached hydrogens (tertiary/aromatic N) is 3. The Balaban J connectivity index is 1.35. The number of H-pyrrole nitrogens is 1. The van der Waals surface area contributed by atoms with E-state index < -0.39 is 0 Å². The number of aromatic amines is 1. The van der Waals surface area contributed by atoms with Crippen LogP contribution in [0.3, 0.4) is 0 Å². The van der Waals surface area contributed by atoms with Gasteiger partial charge in [0.1, 0.15) is 0 Å². The summed E-state index contributed by atoms with van der Waals surface area (Å²) in [5, 5.41) is 0. The number of rotatable bonds is 4. The van der Waals surface area contributed by atoms with E-state index in [0.717, 1.165) is 22.2 Å². The van der Waals surface area contributed by atoms with Gasteiger partial charge in [-0.3, -0.25) is 14.6 Å². The summed E-state index contributed by atoms with van der Waals surface area (Å²) in [6.45, 7) is 9.60. The summed E-state index contributed by atoms with van der Waals surface area (Å²) in [6.07, 6.45) is 3.58. The summed E-state index contributed by atoms with van der Waals surface area (Å²) < 4.78 is 0. The van der Waals surface area contributed by atoms with Crippen molar-refractivity contribution in [3.8, 4) is 11.1 Å². The summed E-state index contributed by atoms with van der Waals surface area (Å²) in [6, 6.07) is 19.4. The highest BCUT2D eigenvalue weighted by molar-refractivity contribution is 6.22. The Labute approximate surface area is 204 Å². The molecule has 3 heterocycles. The third-order valence-electron chi connectivity index (χ3n) is 6.71. The fraction of sp³-hybridized carbons (Fsp3) is 0.207. The molecule has 5 rings (SSSR count). The Hall–Kier alpha value is -4.19. The monoisotopic (exact) mass is 464 g/mol. The number of fused-ring (bicyclic) bond motifs is 1. The van der Waals surface area contributed by atoms with Crippen molar-refractivity contribution in [2.24, 2.45) is 0 Å². The molecule has 1 saturated heterocycles. The number of hydrogen-bond donors (Lipinski definition) is 1. The van der Waals surface area contributed by atoms with E-state index in [2.05, 4.69) is 47.7 Å². The number of amides is 2. The van der Waals surface area contributed by atoms with Gasteiger partial charge in [-0.15, -0.1) is 0 Å². The van der Waals surface area contributed by atoms with Gasteiger partial charge < -0.3 is 14.8 Å². The molecule has 6 nitrogen and oxygen atoms in total. The molecule has 1 aliphatic heterocycles.